The Morgan fingerprint density at radius 3 is 2.62 bits per heavy atom. The highest BCUT2D eigenvalue weighted by molar-refractivity contribution is 6.00. The Morgan fingerprint density at radius 1 is 1.03 bits per heavy atom. The highest BCUT2D eigenvalue weighted by Crippen LogP contribution is 2.25. The molecule has 0 saturated carbocycles. The first-order valence-corrected chi connectivity index (χ1v) is 11.3. The number of nitrogens with one attached hydrogen (secondary N) is 2. The largest absolute Gasteiger partial charge is 0.345 e. The molecule has 3 aromatic carbocycles. The fourth-order valence-electron chi connectivity index (χ4n) is 4.56. The third-order valence-electron chi connectivity index (χ3n) is 6.46. The van der Waals surface area contributed by atoms with Crippen LogP contribution in [0.5, 0.6) is 0 Å². The third-order valence-corrected chi connectivity index (χ3v) is 6.46. The number of amides is 2. The first kappa shape index (κ1) is 22.0. The SMILES string of the molecule is Cc1ccc(NC(=O)[C@H]2CCCCN2C)cc1C(=O)N[C@H](C)c1cccc2ccccc12. The number of likely N-dealkylation sites (N-methyl/N-ethyl adjacent to an activating group) is 1. The molecule has 0 aromatic heterocycles. The number of piperidine rings is 1. The number of likely N-dealkylation sites (tertiary alicyclic amines) is 1. The van der Waals surface area contributed by atoms with E-state index in [2.05, 4.69) is 39.8 Å². The van der Waals surface area contributed by atoms with Gasteiger partial charge in [0.05, 0.1) is 12.1 Å². The number of carbonyl (C=O) groups excluding carboxylic acids is 2. The molecular weight excluding hydrogens is 398 g/mol. The van der Waals surface area contributed by atoms with Crippen LogP contribution in [-0.2, 0) is 4.79 Å². The second kappa shape index (κ2) is 9.53. The normalized spacial score (nSPS) is 17.7. The number of fused-ring (bicyclic) bond motifs is 1. The fraction of sp³-hybridized carbons (Fsp3) is 0.333. The van der Waals surface area contributed by atoms with Crippen LogP contribution in [0, 0.1) is 6.92 Å². The molecule has 0 unspecified atom stereocenters. The Bertz CT molecular complexity index is 1140. The van der Waals surface area contributed by atoms with E-state index in [-0.39, 0.29) is 23.9 Å². The van der Waals surface area contributed by atoms with Crippen molar-refractivity contribution in [2.45, 2.75) is 45.2 Å². The Labute approximate surface area is 189 Å². The summed E-state index contributed by atoms with van der Waals surface area (Å²) in [5.41, 5.74) is 3.19. The summed E-state index contributed by atoms with van der Waals surface area (Å²) in [6.07, 6.45) is 3.06. The molecule has 0 aliphatic carbocycles. The summed E-state index contributed by atoms with van der Waals surface area (Å²) in [5, 5.41) is 8.44. The molecule has 4 rings (SSSR count). The van der Waals surface area contributed by atoms with Crippen molar-refractivity contribution in [3.8, 4) is 0 Å². The topological polar surface area (TPSA) is 61.4 Å². The van der Waals surface area contributed by atoms with Gasteiger partial charge in [-0.15, -0.1) is 0 Å². The minimum Gasteiger partial charge on any atom is -0.345 e. The number of rotatable bonds is 5. The van der Waals surface area contributed by atoms with E-state index in [1.165, 1.54) is 0 Å². The van der Waals surface area contributed by atoms with Crippen molar-refractivity contribution in [1.82, 2.24) is 10.2 Å². The van der Waals surface area contributed by atoms with Gasteiger partial charge in [-0.05, 0) is 74.3 Å². The van der Waals surface area contributed by atoms with Gasteiger partial charge in [-0.3, -0.25) is 14.5 Å². The predicted octanol–water partition coefficient (Wildman–Crippen LogP) is 5.06. The highest BCUT2D eigenvalue weighted by atomic mass is 16.2. The van der Waals surface area contributed by atoms with Crippen molar-refractivity contribution in [2.75, 3.05) is 18.9 Å². The van der Waals surface area contributed by atoms with Crippen molar-refractivity contribution >= 4 is 28.3 Å². The van der Waals surface area contributed by atoms with Crippen LogP contribution in [0.2, 0.25) is 0 Å². The molecule has 1 aliphatic heterocycles. The van der Waals surface area contributed by atoms with Crippen LogP contribution in [-0.4, -0.2) is 36.3 Å². The second-order valence-electron chi connectivity index (χ2n) is 8.77. The monoisotopic (exact) mass is 429 g/mol. The maximum Gasteiger partial charge on any atom is 0.252 e. The zero-order chi connectivity index (χ0) is 22.7. The lowest BCUT2D eigenvalue weighted by molar-refractivity contribution is -0.121. The van der Waals surface area contributed by atoms with Gasteiger partial charge in [0.1, 0.15) is 0 Å². The average Bonchev–Trinajstić information content (AvgIpc) is 2.80. The predicted molar refractivity (Wildman–Crippen MR) is 130 cm³/mol. The van der Waals surface area contributed by atoms with Crippen LogP contribution >= 0.6 is 0 Å². The van der Waals surface area contributed by atoms with Crippen molar-refractivity contribution in [1.29, 1.82) is 0 Å². The van der Waals surface area contributed by atoms with Crippen molar-refractivity contribution in [2.24, 2.45) is 0 Å². The lowest BCUT2D eigenvalue weighted by Gasteiger charge is -2.31. The van der Waals surface area contributed by atoms with Gasteiger partial charge in [0.15, 0.2) is 0 Å². The van der Waals surface area contributed by atoms with E-state index < -0.39 is 0 Å². The van der Waals surface area contributed by atoms with Crippen LogP contribution in [0.15, 0.2) is 60.7 Å². The van der Waals surface area contributed by atoms with Crippen LogP contribution in [0.3, 0.4) is 0 Å². The first-order chi connectivity index (χ1) is 15.4. The zero-order valence-corrected chi connectivity index (χ0v) is 19.0. The Hall–Kier alpha value is -3.18. The molecule has 3 aromatic rings. The van der Waals surface area contributed by atoms with E-state index in [4.69, 9.17) is 0 Å². The van der Waals surface area contributed by atoms with Crippen molar-refractivity contribution in [3.63, 3.8) is 0 Å². The molecule has 1 saturated heterocycles. The highest BCUT2D eigenvalue weighted by Gasteiger charge is 2.26. The molecule has 5 nitrogen and oxygen atoms in total. The molecule has 0 radical (unpaired) electrons. The maximum atomic E-state index is 13.1. The van der Waals surface area contributed by atoms with E-state index in [0.717, 1.165) is 47.7 Å². The van der Waals surface area contributed by atoms with Gasteiger partial charge in [-0.2, -0.15) is 0 Å². The van der Waals surface area contributed by atoms with E-state index in [1.807, 2.05) is 51.2 Å². The van der Waals surface area contributed by atoms with Crippen LogP contribution < -0.4 is 10.6 Å². The quantitative estimate of drug-likeness (QED) is 0.596. The molecule has 1 fully saturated rings. The summed E-state index contributed by atoms with van der Waals surface area (Å²) in [4.78, 5) is 28.0. The summed E-state index contributed by atoms with van der Waals surface area (Å²) in [6, 6.07) is 19.6. The molecule has 2 N–H and O–H groups in total. The third kappa shape index (κ3) is 4.68. The smallest absolute Gasteiger partial charge is 0.252 e. The lowest BCUT2D eigenvalue weighted by Crippen LogP contribution is -2.44. The number of carbonyl (C=O) groups is 2. The molecule has 2 atom stereocenters. The summed E-state index contributed by atoms with van der Waals surface area (Å²) < 4.78 is 0. The number of benzene rings is 3. The maximum absolute atomic E-state index is 13.1. The number of hydrogen-bond donors (Lipinski definition) is 2. The van der Waals surface area contributed by atoms with E-state index in [1.54, 1.807) is 6.07 Å². The van der Waals surface area contributed by atoms with Crippen LogP contribution in [0.1, 0.15) is 53.7 Å². The summed E-state index contributed by atoms with van der Waals surface area (Å²) >= 11 is 0. The summed E-state index contributed by atoms with van der Waals surface area (Å²) in [6.45, 7) is 4.85. The molecule has 1 aliphatic rings. The molecule has 2 amide bonds. The Kier molecular flexibility index (Phi) is 6.56. The summed E-state index contributed by atoms with van der Waals surface area (Å²) in [5.74, 6) is -0.152. The number of anilines is 1. The van der Waals surface area contributed by atoms with Gasteiger partial charge in [-0.1, -0.05) is 55.0 Å². The van der Waals surface area contributed by atoms with Gasteiger partial charge in [-0.25, -0.2) is 0 Å². The average molecular weight is 430 g/mol. The van der Waals surface area contributed by atoms with Crippen molar-refractivity contribution in [3.05, 3.63) is 77.4 Å². The van der Waals surface area contributed by atoms with Gasteiger partial charge >= 0.3 is 0 Å². The molecule has 0 bridgehead atoms. The van der Waals surface area contributed by atoms with E-state index in [0.29, 0.717) is 11.3 Å². The molecule has 32 heavy (non-hydrogen) atoms. The lowest BCUT2D eigenvalue weighted by atomic mass is 9.99. The van der Waals surface area contributed by atoms with Gasteiger partial charge in [0.25, 0.3) is 5.91 Å². The van der Waals surface area contributed by atoms with Gasteiger partial charge in [0, 0.05) is 11.3 Å². The van der Waals surface area contributed by atoms with Crippen LogP contribution in [0.25, 0.3) is 10.8 Å². The molecule has 166 valence electrons. The number of hydrogen-bond acceptors (Lipinski definition) is 3. The van der Waals surface area contributed by atoms with E-state index in [9.17, 15) is 9.59 Å². The number of aryl methyl sites for hydroxylation is 1. The molecular formula is C27H31N3O2. The minimum atomic E-state index is -0.151. The van der Waals surface area contributed by atoms with Gasteiger partial charge in [0.2, 0.25) is 5.91 Å². The van der Waals surface area contributed by atoms with Crippen molar-refractivity contribution < 1.29 is 9.59 Å². The Morgan fingerprint density at radius 2 is 1.81 bits per heavy atom. The Balaban J connectivity index is 1.50. The zero-order valence-electron chi connectivity index (χ0n) is 19.0. The molecule has 0 spiro atoms. The standard InChI is InChI=1S/C27H31N3O2/c1-18-14-15-21(29-27(32)25-13-6-7-16-30(25)3)17-24(18)26(31)28-19(2)22-12-8-10-20-9-4-5-11-23(20)22/h4-5,8-12,14-15,17,19,25H,6-7,13,16H2,1-3H3,(H,28,31)(H,29,32)/t19-,25-/m1/s1. The van der Waals surface area contributed by atoms with Crippen LogP contribution in [0.4, 0.5) is 5.69 Å². The number of nitrogens with zero attached hydrogens (tertiary/aromatic N) is 1. The summed E-state index contributed by atoms with van der Waals surface area (Å²) in [7, 11) is 1.99. The first-order valence-electron chi connectivity index (χ1n) is 11.3. The second-order valence-corrected chi connectivity index (χ2v) is 8.77. The fourth-order valence-corrected chi connectivity index (χ4v) is 4.56. The molecule has 5 heteroatoms. The van der Waals surface area contributed by atoms with E-state index >= 15 is 0 Å². The molecule has 1 heterocycles. The minimum absolute atomic E-state index is 0.00784. The van der Waals surface area contributed by atoms with Gasteiger partial charge < -0.3 is 10.6 Å².